The van der Waals surface area contributed by atoms with Crippen LogP contribution in [0, 0.1) is 0 Å². The summed E-state index contributed by atoms with van der Waals surface area (Å²) < 4.78 is 27.1. The van der Waals surface area contributed by atoms with Gasteiger partial charge in [0.2, 0.25) is 10.0 Å². The number of halogens is 2. The van der Waals surface area contributed by atoms with Gasteiger partial charge in [0, 0.05) is 10.0 Å². The maximum Gasteiger partial charge on any atom is 0.337 e. The molecule has 0 radical (unpaired) electrons. The van der Waals surface area contributed by atoms with Crippen molar-refractivity contribution in [3.63, 3.8) is 0 Å². The van der Waals surface area contributed by atoms with E-state index in [4.69, 9.17) is 23.2 Å². The Balaban J connectivity index is 2.15. The summed E-state index contributed by atoms with van der Waals surface area (Å²) in [5, 5.41) is 10.4. The predicted octanol–water partition coefficient (Wildman–Crippen LogP) is 6.46. The molecule has 29 heavy (non-hydrogen) atoms. The standard InChI is InChI=1S/C21H25Cl2NO4S/c1-2-3-4-5-6-7-10-29(27,28)24-20-9-8-15(13-19(20)21(25)26)16-11-17(22)14-18(23)12-16/h8-9,11-14,24H,2-7,10H2,1H3,(H,25,26). The van der Waals surface area contributed by atoms with Crippen molar-refractivity contribution in [2.75, 3.05) is 10.5 Å². The molecular weight excluding hydrogens is 433 g/mol. The van der Waals surface area contributed by atoms with Crippen molar-refractivity contribution in [2.24, 2.45) is 0 Å². The molecular formula is C21H25Cl2NO4S. The molecule has 2 aromatic carbocycles. The van der Waals surface area contributed by atoms with Crippen LogP contribution in [0.1, 0.15) is 55.8 Å². The Morgan fingerprint density at radius 1 is 0.931 bits per heavy atom. The predicted molar refractivity (Wildman–Crippen MR) is 120 cm³/mol. The number of unbranched alkanes of at least 4 members (excludes halogenated alkanes) is 5. The monoisotopic (exact) mass is 457 g/mol. The van der Waals surface area contributed by atoms with E-state index in [0.29, 0.717) is 27.6 Å². The summed E-state index contributed by atoms with van der Waals surface area (Å²) in [6.45, 7) is 2.13. The van der Waals surface area contributed by atoms with E-state index in [1.807, 2.05) is 0 Å². The summed E-state index contributed by atoms with van der Waals surface area (Å²) in [5.41, 5.74) is 1.13. The highest BCUT2D eigenvalue weighted by atomic mass is 35.5. The van der Waals surface area contributed by atoms with Gasteiger partial charge in [-0.3, -0.25) is 4.72 Å². The topological polar surface area (TPSA) is 83.5 Å². The molecule has 0 spiro atoms. The molecule has 0 aliphatic carbocycles. The molecule has 0 aliphatic rings. The first-order valence-corrected chi connectivity index (χ1v) is 12.0. The molecule has 0 amide bonds. The second-order valence-corrected chi connectivity index (χ2v) is 9.63. The van der Waals surface area contributed by atoms with Gasteiger partial charge >= 0.3 is 5.97 Å². The number of nitrogens with one attached hydrogen (secondary N) is 1. The van der Waals surface area contributed by atoms with Crippen LogP contribution in [0.2, 0.25) is 10.0 Å². The zero-order valence-electron chi connectivity index (χ0n) is 16.2. The smallest absolute Gasteiger partial charge is 0.337 e. The maximum atomic E-state index is 12.4. The van der Waals surface area contributed by atoms with E-state index in [9.17, 15) is 18.3 Å². The molecule has 158 valence electrons. The molecule has 0 atom stereocenters. The number of aromatic carboxylic acids is 1. The van der Waals surface area contributed by atoms with Crippen molar-refractivity contribution >= 4 is 44.9 Å². The Kier molecular flexibility index (Phi) is 8.80. The van der Waals surface area contributed by atoms with Gasteiger partial charge in [-0.1, -0.05) is 68.3 Å². The maximum absolute atomic E-state index is 12.4. The highest BCUT2D eigenvalue weighted by Gasteiger charge is 2.17. The zero-order valence-corrected chi connectivity index (χ0v) is 18.6. The lowest BCUT2D eigenvalue weighted by Crippen LogP contribution is -2.18. The van der Waals surface area contributed by atoms with Crippen molar-refractivity contribution in [1.82, 2.24) is 0 Å². The summed E-state index contributed by atoms with van der Waals surface area (Å²) >= 11 is 12.0. The Morgan fingerprint density at radius 2 is 1.55 bits per heavy atom. The molecule has 0 saturated heterocycles. The summed E-state index contributed by atoms with van der Waals surface area (Å²) in [6.07, 6.45) is 5.76. The highest BCUT2D eigenvalue weighted by Crippen LogP contribution is 2.30. The minimum absolute atomic E-state index is 0.0379. The van der Waals surface area contributed by atoms with Crippen molar-refractivity contribution in [1.29, 1.82) is 0 Å². The molecule has 0 aliphatic heterocycles. The van der Waals surface area contributed by atoms with E-state index in [0.717, 1.165) is 32.1 Å². The molecule has 0 saturated carbocycles. The molecule has 0 unspecified atom stereocenters. The van der Waals surface area contributed by atoms with Crippen LogP contribution in [0.15, 0.2) is 36.4 Å². The fourth-order valence-electron chi connectivity index (χ4n) is 3.00. The highest BCUT2D eigenvalue weighted by molar-refractivity contribution is 7.92. The first-order chi connectivity index (χ1) is 13.7. The minimum Gasteiger partial charge on any atom is -0.478 e. The van der Waals surface area contributed by atoms with Gasteiger partial charge in [-0.25, -0.2) is 13.2 Å². The van der Waals surface area contributed by atoms with Crippen molar-refractivity contribution in [2.45, 2.75) is 45.4 Å². The molecule has 0 heterocycles. The molecule has 0 aromatic heterocycles. The van der Waals surface area contributed by atoms with Gasteiger partial charge in [0.25, 0.3) is 0 Å². The van der Waals surface area contributed by atoms with Crippen LogP contribution in [-0.4, -0.2) is 25.2 Å². The van der Waals surface area contributed by atoms with Crippen LogP contribution in [-0.2, 0) is 10.0 Å². The Labute approximate surface area is 182 Å². The minimum atomic E-state index is -3.63. The van der Waals surface area contributed by atoms with Crippen molar-refractivity contribution < 1.29 is 18.3 Å². The van der Waals surface area contributed by atoms with Crippen LogP contribution in [0.3, 0.4) is 0 Å². The largest absolute Gasteiger partial charge is 0.478 e. The summed E-state index contributed by atoms with van der Waals surface area (Å²) in [5.74, 6) is -1.26. The van der Waals surface area contributed by atoms with Gasteiger partial charge in [-0.15, -0.1) is 0 Å². The Bertz CT molecular complexity index is 941. The fourth-order valence-corrected chi connectivity index (χ4v) is 4.73. The number of rotatable bonds is 11. The van der Waals surface area contributed by atoms with Crippen molar-refractivity contribution in [3.05, 3.63) is 52.0 Å². The number of benzene rings is 2. The molecule has 0 bridgehead atoms. The van der Waals surface area contributed by atoms with Gasteiger partial charge in [0.15, 0.2) is 0 Å². The lowest BCUT2D eigenvalue weighted by atomic mass is 10.0. The van der Waals surface area contributed by atoms with E-state index in [2.05, 4.69) is 11.6 Å². The summed E-state index contributed by atoms with van der Waals surface area (Å²) in [6, 6.07) is 9.40. The normalized spacial score (nSPS) is 11.4. The second kappa shape index (κ2) is 10.9. The summed E-state index contributed by atoms with van der Waals surface area (Å²) in [4.78, 5) is 11.7. The van der Waals surface area contributed by atoms with Crippen LogP contribution in [0.25, 0.3) is 11.1 Å². The second-order valence-electron chi connectivity index (χ2n) is 6.91. The van der Waals surface area contributed by atoms with Crippen LogP contribution >= 0.6 is 23.2 Å². The quantitative estimate of drug-likeness (QED) is 0.379. The lowest BCUT2D eigenvalue weighted by molar-refractivity contribution is 0.0698. The molecule has 8 heteroatoms. The molecule has 0 fully saturated rings. The molecule has 2 aromatic rings. The van der Waals surface area contributed by atoms with Gasteiger partial charge in [0.05, 0.1) is 17.0 Å². The molecule has 2 N–H and O–H groups in total. The number of carboxylic acids is 1. The first-order valence-electron chi connectivity index (χ1n) is 9.56. The lowest BCUT2D eigenvalue weighted by Gasteiger charge is -2.12. The van der Waals surface area contributed by atoms with Crippen LogP contribution in [0.5, 0.6) is 0 Å². The Hall–Kier alpha value is -1.76. The van der Waals surface area contributed by atoms with Crippen LogP contribution in [0.4, 0.5) is 5.69 Å². The van der Waals surface area contributed by atoms with Gasteiger partial charge in [-0.2, -0.15) is 0 Å². The van der Waals surface area contributed by atoms with Gasteiger partial charge < -0.3 is 5.11 Å². The van der Waals surface area contributed by atoms with Gasteiger partial charge in [-0.05, 0) is 47.9 Å². The average molecular weight is 458 g/mol. The van der Waals surface area contributed by atoms with E-state index >= 15 is 0 Å². The number of carbonyl (C=O) groups is 1. The third-order valence-electron chi connectivity index (χ3n) is 4.48. The number of hydrogen-bond donors (Lipinski definition) is 2. The third-order valence-corrected chi connectivity index (χ3v) is 6.27. The SMILES string of the molecule is CCCCCCCCS(=O)(=O)Nc1ccc(-c2cc(Cl)cc(Cl)c2)cc1C(=O)O. The third kappa shape index (κ3) is 7.53. The number of carboxylic acid groups (broad SMARTS) is 1. The van der Waals surface area contributed by atoms with E-state index < -0.39 is 16.0 Å². The number of sulfonamides is 1. The fraction of sp³-hybridized carbons (Fsp3) is 0.381. The van der Waals surface area contributed by atoms with E-state index in [1.54, 1.807) is 24.3 Å². The van der Waals surface area contributed by atoms with Gasteiger partial charge in [0.1, 0.15) is 0 Å². The average Bonchev–Trinajstić information content (AvgIpc) is 2.63. The first kappa shape index (κ1) is 23.5. The Morgan fingerprint density at radius 3 is 2.17 bits per heavy atom. The van der Waals surface area contributed by atoms with E-state index in [1.165, 1.54) is 12.1 Å². The zero-order chi connectivity index (χ0) is 21.4. The number of hydrogen-bond acceptors (Lipinski definition) is 3. The summed E-state index contributed by atoms with van der Waals surface area (Å²) in [7, 11) is -3.63. The van der Waals surface area contributed by atoms with Crippen LogP contribution < -0.4 is 4.72 Å². The molecule has 2 rings (SSSR count). The number of anilines is 1. The van der Waals surface area contributed by atoms with E-state index in [-0.39, 0.29) is 17.0 Å². The van der Waals surface area contributed by atoms with Crippen molar-refractivity contribution in [3.8, 4) is 11.1 Å². The molecule has 5 nitrogen and oxygen atoms in total.